The van der Waals surface area contributed by atoms with Gasteiger partial charge < -0.3 is 9.84 Å². The van der Waals surface area contributed by atoms with Gasteiger partial charge in [0.25, 0.3) is 0 Å². The van der Waals surface area contributed by atoms with Gasteiger partial charge in [0.1, 0.15) is 5.75 Å². The minimum atomic E-state index is -0.288. The van der Waals surface area contributed by atoms with Crippen molar-refractivity contribution in [2.75, 3.05) is 6.61 Å². The van der Waals surface area contributed by atoms with Gasteiger partial charge in [-0.05, 0) is 47.3 Å². The number of rotatable bonds is 6. The molecule has 126 valence electrons. The Morgan fingerprint density at radius 1 is 0.920 bits per heavy atom. The zero-order valence-corrected chi connectivity index (χ0v) is 14.1. The summed E-state index contributed by atoms with van der Waals surface area (Å²) in [5, 5.41) is 16.3. The maximum atomic E-state index is 12.2. The van der Waals surface area contributed by atoms with E-state index in [1.165, 1.54) is 15.8 Å². The van der Waals surface area contributed by atoms with Gasteiger partial charge in [0.15, 0.2) is 0 Å². The number of ether oxygens (including phenoxy) is 1. The number of hydrogen-bond donors (Lipinski definition) is 0. The predicted molar refractivity (Wildman–Crippen MR) is 95.4 cm³/mol. The molecule has 0 N–H and O–H groups in total. The maximum absolute atomic E-state index is 12.2. The molecule has 0 saturated heterocycles. The SMILES string of the molecule is CCOc1ccc(/C([O-])=N/[n+]2ccc(Cc3ccccc3)cc2)cc1. The van der Waals surface area contributed by atoms with Gasteiger partial charge >= 0.3 is 0 Å². The fourth-order valence-corrected chi connectivity index (χ4v) is 2.49. The third kappa shape index (κ3) is 4.67. The van der Waals surface area contributed by atoms with Crippen molar-refractivity contribution in [3.8, 4) is 5.75 Å². The fraction of sp³-hybridized carbons (Fsp3) is 0.143. The molecule has 0 bridgehead atoms. The molecule has 0 amide bonds. The van der Waals surface area contributed by atoms with Crippen molar-refractivity contribution in [1.82, 2.24) is 0 Å². The molecule has 0 radical (unpaired) electrons. The summed E-state index contributed by atoms with van der Waals surface area (Å²) in [5.74, 6) is 0.459. The van der Waals surface area contributed by atoms with Crippen LogP contribution < -0.4 is 14.5 Å². The van der Waals surface area contributed by atoms with Crippen LogP contribution in [0.15, 0.2) is 84.2 Å². The highest BCUT2D eigenvalue weighted by Gasteiger charge is 2.02. The second kappa shape index (κ2) is 8.11. The molecule has 0 spiro atoms. The number of nitrogens with zero attached hydrogens (tertiary/aromatic N) is 2. The summed E-state index contributed by atoms with van der Waals surface area (Å²) >= 11 is 0. The fourth-order valence-electron chi connectivity index (χ4n) is 2.49. The van der Waals surface area contributed by atoms with Crippen molar-refractivity contribution >= 4 is 5.90 Å². The third-order valence-electron chi connectivity index (χ3n) is 3.75. The van der Waals surface area contributed by atoms with E-state index >= 15 is 0 Å². The van der Waals surface area contributed by atoms with Crippen LogP contribution in [0.5, 0.6) is 5.75 Å². The zero-order valence-electron chi connectivity index (χ0n) is 14.1. The molecule has 0 saturated carbocycles. The molecule has 0 atom stereocenters. The lowest BCUT2D eigenvalue weighted by Crippen LogP contribution is -2.33. The highest BCUT2D eigenvalue weighted by atomic mass is 16.5. The quantitative estimate of drug-likeness (QED) is 0.396. The van der Waals surface area contributed by atoms with Crippen LogP contribution >= 0.6 is 0 Å². The molecule has 0 aliphatic heterocycles. The monoisotopic (exact) mass is 332 g/mol. The normalized spacial score (nSPS) is 11.3. The van der Waals surface area contributed by atoms with E-state index in [1.54, 1.807) is 36.7 Å². The summed E-state index contributed by atoms with van der Waals surface area (Å²) in [4.78, 5) is 0. The van der Waals surface area contributed by atoms with Gasteiger partial charge in [-0.3, -0.25) is 0 Å². The van der Waals surface area contributed by atoms with E-state index in [0.29, 0.717) is 12.2 Å². The van der Waals surface area contributed by atoms with Crippen molar-refractivity contribution in [2.24, 2.45) is 5.10 Å². The molecule has 2 aromatic carbocycles. The van der Waals surface area contributed by atoms with Crippen LogP contribution in [-0.4, -0.2) is 12.5 Å². The van der Waals surface area contributed by atoms with Crippen molar-refractivity contribution in [3.05, 3.63) is 95.8 Å². The first-order chi connectivity index (χ1) is 12.2. The highest BCUT2D eigenvalue weighted by molar-refractivity contribution is 5.90. The Morgan fingerprint density at radius 3 is 2.20 bits per heavy atom. The number of benzene rings is 2. The molecule has 0 unspecified atom stereocenters. The van der Waals surface area contributed by atoms with Crippen molar-refractivity contribution in [1.29, 1.82) is 0 Å². The summed E-state index contributed by atoms with van der Waals surface area (Å²) in [5.41, 5.74) is 2.96. The second-order valence-electron chi connectivity index (χ2n) is 5.61. The van der Waals surface area contributed by atoms with Crippen molar-refractivity contribution < 1.29 is 14.5 Å². The molecule has 4 nitrogen and oxygen atoms in total. The topological polar surface area (TPSA) is 48.5 Å². The molecule has 3 aromatic rings. The zero-order chi connectivity index (χ0) is 17.5. The van der Waals surface area contributed by atoms with E-state index in [4.69, 9.17) is 4.74 Å². The third-order valence-corrected chi connectivity index (χ3v) is 3.75. The Hall–Kier alpha value is -3.14. The summed E-state index contributed by atoms with van der Waals surface area (Å²) in [6.07, 6.45) is 4.45. The molecule has 0 aliphatic carbocycles. The summed E-state index contributed by atoms with van der Waals surface area (Å²) in [6.45, 7) is 2.52. The first-order valence-corrected chi connectivity index (χ1v) is 8.28. The summed E-state index contributed by atoms with van der Waals surface area (Å²) in [7, 11) is 0. The van der Waals surface area contributed by atoms with Gasteiger partial charge in [-0.2, -0.15) is 0 Å². The van der Waals surface area contributed by atoms with E-state index in [9.17, 15) is 5.11 Å². The first kappa shape index (κ1) is 16.7. The van der Waals surface area contributed by atoms with Crippen LogP contribution in [-0.2, 0) is 6.42 Å². The average Bonchev–Trinajstić information content (AvgIpc) is 2.65. The largest absolute Gasteiger partial charge is 0.854 e. The first-order valence-electron chi connectivity index (χ1n) is 8.28. The van der Waals surface area contributed by atoms with Gasteiger partial charge in [0.05, 0.1) is 12.5 Å². The average molecular weight is 332 g/mol. The number of pyridine rings is 1. The Balaban J connectivity index is 1.70. The predicted octanol–water partition coefficient (Wildman–Crippen LogP) is 2.53. The standard InChI is InChI=1S/C21H20N2O2/c1-2-25-20-10-8-19(9-11-20)21(24)22-23-14-12-18(13-15-23)16-17-6-4-3-5-7-17/h3-15H,2,16H2,1H3. The summed E-state index contributed by atoms with van der Waals surface area (Å²) in [6, 6.07) is 21.2. The molecule has 3 rings (SSSR count). The molecule has 1 heterocycles. The van der Waals surface area contributed by atoms with Crippen molar-refractivity contribution in [3.63, 3.8) is 0 Å². The molecular formula is C21H20N2O2. The number of aromatic nitrogens is 1. The minimum Gasteiger partial charge on any atom is -0.854 e. The molecule has 4 heteroatoms. The Morgan fingerprint density at radius 2 is 1.56 bits per heavy atom. The van der Waals surface area contributed by atoms with E-state index in [2.05, 4.69) is 17.2 Å². The molecule has 25 heavy (non-hydrogen) atoms. The summed E-state index contributed by atoms with van der Waals surface area (Å²) < 4.78 is 6.91. The van der Waals surface area contributed by atoms with Gasteiger partial charge in [-0.1, -0.05) is 47.1 Å². The Bertz CT molecular complexity index is 826. The van der Waals surface area contributed by atoms with Gasteiger partial charge in [0.2, 0.25) is 12.4 Å². The highest BCUT2D eigenvalue weighted by Crippen LogP contribution is 2.11. The van der Waals surface area contributed by atoms with E-state index in [1.807, 2.05) is 37.3 Å². The molecule has 1 aromatic heterocycles. The molecule has 0 fully saturated rings. The van der Waals surface area contributed by atoms with Crippen molar-refractivity contribution in [2.45, 2.75) is 13.3 Å². The molecular weight excluding hydrogens is 312 g/mol. The van der Waals surface area contributed by atoms with Crippen LogP contribution in [0.4, 0.5) is 0 Å². The van der Waals surface area contributed by atoms with Gasteiger partial charge in [0, 0.05) is 12.1 Å². The second-order valence-corrected chi connectivity index (χ2v) is 5.61. The van der Waals surface area contributed by atoms with Crippen LogP contribution in [0.1, 0.15) is 23.6 Å². The van der Waals surface area contributed by atoms with E-state index in [-0.39, 0.29) is 5.90 Å². The lowest BCUT2D eigenvalue weighted by Gasteiger charge is -2.08. The minimum absolute atomic E-state index is 0.288. The maximum Gasteiger partial charge on any atom is 0.202 e. The lowest BCUT2D eigenvalue weighted by atomic mass is 10.1. The van der Waals surface area contributed by atoms with Crippen LogP contribution in [0.25, 0.3) is 0 Å². The van der Waals surface area contributed by atoms with Crippen LogP contribution in [0, 0.1) is 0 Å². The Labute approximate surface area is 147 Å². The Kier molecular flexibility index (Phi) is 5.42. The van der Waals surface area contributed by atoms with Gasteiger partial charge in [-0.25, -0.2) is 0 Å². The molecule has 0 aliphatic rings. The van der Waals surface area contributed by atoms with E-state index < -0.39 is 0 Å². The number of hydrogen-bond acceptors (Lipinski definition) is 3. The van der Waals surface area contributed by atoms with Crippen LogP contribution in [0.2, 0.25) is 0 Å². The van der Waals surface area contributed by atoms with Crippen LogP contribution in [0.3, 0.4) is 0 Å². The lowest BCUT2D eigenvalue weighted by molar-refractivity contribution is -0.681. The van der Waals surface area contributed by atoms with Gasteiger partial charge in [-0.15, -0.1) is 0 Å². The van der Waals surface area contributed by atoms with E-state index in [0.717, 1.165) is 12.2 Å². The smallest absolute Gasteiger partial charge is 0.202 e.